The Balaban J connectivity index is 2.58. The van der Waals surface area contributed by atoms with Crippen molar-refractivity contribution in [1.29, 1.82) is 0 Å². The van der Waals surface area contributed by atoms with Crippen molar-refractivity contribution >= 4 is 17.1 Å². The predicted molar refractivity (Wildman–Crippen MR) is 59.7 cm³/mol. The van der Waals surface area contributed by atoms with E-state index in [1.54, 1.807) is 0 Å². The average Bonchev–Trinajstić information content (AvgIpc) is 2.58. The summed E-state index contributed by atoms with van der Waals surface area (Å²) in [5.74, 6) is -1.15. The van der Waals surface area contributed by atoms with Gasteiger partial charge in [-0.05, 0) is 12.1 Å². The van der Waals surface area contributed by atoms with Crippen LogP contribution in [-0.2, 0) is 5.41 Å². The summed E-state index contributed by atoms with van der Waals surface area (Å²) in [5, 5.41) is 9.51. The van der Waals surface area contributed by atoms with Crippen LogP contribution in [0.15, 0.2) is 22.6 Å². The summed E-state index contributed by atoms with van der Waals surface area (Å²) >= 11 is 0. The van der Waals surface area contributed by atoms with Gasteiger partial charge in [-0.1, -0.05) is 20.8 Å². The van der Waals surface area contributed by atoms with Crippen molar-refractivity contribution < 1.29 is 14.3 Å². The fraction of sp³-hybridized carbons (Fsp3) is 0.333. The Morgan fingerprint density at radius 2 is 2.06 bits per heavy atom. The van der Waals surface area contributed by atoms with Gasteiger partial charge in [-0.3, -0.25) is 0 Å². The summed E-state index contributed by atoms with van der Waals surface area (Å²) in [4.78, 5) is 15.1. The first-order chi connectivity index (χ1) is 7.38. The molecule has 1 N–H and O–H groups in total. The maximum atomic E-state index is 10.7. The lowest BCUT2D eigenvalue weighted by atomic mass is 9.91. The van der Waals surface area contributed by atoms with Crippen molar-refractivity contribution in [2.75, 3.05) is 0 Å². The first kappa shape index (κ1) is 10.7. The van der Waals surface area contributed by atoms with Gasteiger partial charge in [0, 0.05) is 22.6 Å². The summed E-state index contributed by atoms with van der Waals surface area (Å²) in [7, 11) is 0. The maximum Gasteiger partial charge on any atom is 0.371 e. The predicted octanol–water partition coefficient (Wildman–Crippen LogP) is 2.82. The summed E-state index contributed by atoms with van der Waals surface area (Å²) in [6, 6.07) is 5.21. The molecular formula is C12H13NO3. The zero-order valence-electron chi connectivity index (χ0n) is 9.44. The van der Waals surface area contributed by atoms with Gasteiger partial charge in [0.05, 0.1) is 0 Å². The largest absolute Gasteiger partial charge is 0.475 e. The molecule has 2 rings (SSSR count). The van der Waals surface area contributed by atoms with Gasteiger partial charge in [-0.2, -0.15) is 0 Å². The van der Waals surface area contributed by atoms with Crippen molar-refractivity contribution in [3.63, 3.8) is 0 Å². The molecule has 16 heavy (non-hydrogen) atoms. The van der Waals surface area contributed by atoms with E-state index in [0.717, 1.165) is 5.69 Å². The number of aromatic nitrogens is 1. The molecule has 0 saturated carbocycles. The number of carbonyl (C=O) groups is 1. The van der Waals surface area contributed by atoms with Gasteiger partial charge in [-0.25, -0.2) is 9.78 Å². The topological polar surface area (TPSA) is 63.3 Å². The Hall–Kier alpha value is -1.84. The first-order valence-electron chi connectivity index (χ1n) is 5.02. The van der Waals surface area contributed by atoms with E-state index in [9.17, 15) is 4.79 Å². The lowest BCUT2D eigenvalue weighted by Gasteiger charge is -2.16. The van der Waals surface area contributed by atoms with E-state index >= 15 is 0 Å². The molecule has 0 aliphatic carbocycles. The Bertz CT molecular complexity index is 549. The summed E-state index contributed by atoms with van der Waals surface area (Å²) in [5.41, 5.74) is 1.18. The van der Waals surface area contributed by atoms with Gasteiger partial charge in [-0.15, -0.1) is 0 Å². The number of pyridine rings is 1. The molecule has 2 aromatic rings. The van der Waals surface area contributed by atoms with Crippen LogP contribution in [0.1, 0.15) is 37.0 Å². The van der Waals surface area contributed by atoms with Gasteiger partial charge in [0.1, 0.15) is 0 Å². The molecule has 2 heterocycles. The van der Waals surface area contributed by atoms with Crippen LogP contribution in [0.2, 0.25) is 0 Å². The number of hydrogen-bond acceptors (Lipinski definition) is 3. The minimum Gasteiger partial charge on any atom is -0.475 e. The molecule has 0 aliphatic heterocycles. The average molecular weight is 219 g/mol. The third-order valence-electron chi connectivity index (χ3n) is 2.36. The second-order valence-electron chi connectivity index (χ2n) is 4.76. The number of nitrogens with zero attached hydrogens (tertiary/aromatic N) is 1. The molecular weight excluding hydrogens is 206 g/mol. The molecule has 0 aromatic carbocycles. The van der Waals surface area contributed by atoms with E-state index in [4.69, 9.17) is 9.52 Å². The normalized spacial score (nSPS) is 11.9. The van der Waals surface area contributed by atoms with E-state index in [2.05, 4.69) is 4.98 Å². The van der Waals surface area contributed by atoms with Gasteiger partial charge in [0.15, 0.2) is 0 Å². The lowest BCUT2D eigenvalue weighted by molar-refractivity contribution is 0.0664. The van der Waals surface area contributed by atoms with Crippen LogP contribution in [0.4, 0.5) is 0 Å². The van der Waals surface area contributed by atoms with Gasteiger partial charge < -0.3 is 9.52 Å². The fourth-order valence-electron chi connectivity index (χ4n) is 1.44. The Kier molecular flexibility index (Phi) is 2.22. The van der Waals surface area contributed by atoms with Crippen LogP contribution in [0.3, 0.4) is 0 Å². The molecule has 0 radical (unpaired) electrons. The molecule has 0 spiro atoms. The third kappa shape index (κ3) is 1.78. The van der Waals surface area contributed by atoms with Crippen LogP contribution < -0.4 is 0 Å². The van der Waals surface area contributed by atoms with Gasteiger partial charge >= 0.3 is 5.97 Å². The van der Waals surface area contributed by atoms with Gasteiger partial charge in [0.2, 0.25) is 11.5 Å². The van der Waals surface area contributed by atoms with E-state index in [1.807, 2.05) is 32.9 Å². The molecule has 84 valence electrons. The molecule has 0 amide bonds. The number of fused-ring (bicyclic) bond motifs is 1. The van der Waals surface area contributed by atoms with Crippen molar-refractivity contribution in [2.45, 2.75) is 26.2 Å². The SMILES string of the molecule is CC(C)(C)c1ccc2cc(C(=O)O)oc2n1. The Labute approximate surface area is 92.9 Å². The standard InChI is InChI=1S/C12H13NO3/c1-12(2,3)9-5-4-7-6-8(11(14)15)16-10(7)13-9/h4-6H,1-3H3,(H,14,15). The zero-order valence-corrected chi connectivity index (χ0v) is 9.44. The van der Waals surface area contributed by atoms with E-state index in [-0.39, 0.29) is 11.2 Å². The van der Waals surface area contributed by atoms with E-state index < -0.39 is 5.97 Å². The highest BCUT2D eigenvalue weighted by Crippen LogP contribution is 2.24. The Morgan fingerprint density at radius 3 is 2.62 bits per heavy atom. The molecule has 0 bridgehead atoms. The van der Waals surface area contributed by atoms with Crippen LogP contribution in [0, 0.1) is 0 Å². The molecule has 2 aromatic heterocycles. The second kappa shape index (κ2) is 3.33. The van der Waals surface area contributed by atoms with E-state index in [0.29, 0.717) is 11.1 Å². The Morgan fingerprint density at radius 1 is 1.38 bits per heavy atom. The van der Waals surface area contributed by atoms with Crippen molar-refractivity contribution in [2.24, 2.45) is 0 Å². The quantitative estimate of drug-likeness (QED) is 0.801. The summed E-state index contributed by atoms with van der Waals surface area (Å²) in [6.45, 7) is 6.13. The van der Waals surface area contributed by atoms with Crippen LogP contribution in [-0.4, -0.2) is 16.1 Å². The number of furan rings is 1. The van der Waals surface area contributed by atoms with E-state index in [1.165, 1.54) is 6.07 Å². The van der Waals surface area contributed by atoms with Crippen LogP contribution >= 0.6 is 0 Å². The molecule has 4 nitrogen and oxygen atoms in total. The number of hydrogen-bond donors (Lipinski definition) is 1. The highest BCUT2D eigenvalue weighted by molar-refractivity contribution is 5.90. The van der Waals surface area contributed by atoms with Crippen molar-refractivity contribution in [1.82, 2.24) is 4.98 Å². The van der Waals surface area contributed by atoms with Crippen molar-refractivity contribution in [3.8, 4) is 0 Å². The van der Waals surface area contributed by atoms with Gasteiger partial charge in [0.25, 0.3) is 0 Å². The fourth-order valence-corrected chi connectivity index (χ4v) is 1.44. The third-order valence-corrected chi connectivity index (χ3v) is 2.36. The lowest BCUT2D eigenvalue weighted by Crippen LogP contribution is -2.12. The smallest absolute Gasteiger partial charge is 0.371 e. The molecule has 0 aliphatic rings. The molecule has 4 heteroatoms. The highest BCUT2D eigenvalue weighted by atomic mass is 16.4. The molecule has 0 unspecified atom stereocenters. The number of carboxylic acids is 1. The monoisotopic (exact) mass is 219 g/mol. The zero-order chi connectivity index (χ0) is 11.9. The second-order valence-corrected chi connectivity index (χ2v) is 4.76. The molecule has 0 fully saturated rings. The molecule has 0 atom stereocenters. The summed E-state index contributed by atoms with van der Waals surface area (Å²) in [6.07, 6.45) is 0. The minimum atomic E-state index is -1.07. The highest BCUT2D eigenvalue weighted by Gasteiger charge is 2.18. The number of rotatable bonds is 1. The minimum absolute atomic E-state index is 0.0754. The van der Waals surface area contributed by atoms with Crippen LogP contribution in [0.25, 0.3) is 11.1 Å². The number of aromatic carboxylic acids is 1. The van der Waals surface area contributed by atoms with Crippen molar-refractivity contribution in [3.05, 3.63) is 29.7 Å². The molecule has 0 saturated heterocycles. The first-order valence-corrected chi connectivity index (χ1v) is 5.02. The summed E-state index contributed by atoms with van der Waals surface area (Å²) < 4.78 is 5.15. The maximum absolute atomic E-state index is 10.7. The van der Waals surface area contributed by atoms with Crippen LogP contribution in [0.5, 0.6) is 0 Å². The number of carboxylic acid groups (broad SMARTS) is 1.